The van der Waals surface area contributed by atoms with E-state index < -0.39 is 11.1 Å². The molecule has 0 N–H and O–H groups in total. The first-order valence-corrected chi connectivity index (χ1v) is 10.9. The molecule has 0 radical (unpaired) electrons. The van der Waals surface area contributed by atoms with Gasteiger partial charge in [0.25, 0.3) is 11.8 Å². The molecule has 164 valence electrons. The highest BCUT2D eigenvalue weighted by Gasteiger charge is 2.28. The molecule has 1 fully saturated rings. The minimum Gasteiger partial charge on any atom is -0.468 e. The van der Waals surface area contributed by atoms with Crippen molar-refractivity contribution in [2.75, 3.05) is 33.3 Å². The number of thioether (sulfide) groups is 1. The maximum atomic E-state index is 13.2. The quantitative estimate of drug-likeness (QED) is 0.498. The van der Waals surface area contributed by atoms with Gasteiger partial charge in [-0.05, 0) is 37.3 Å². The molecule has 2 amide bonds. The molecule has 0 aliphatic carbocycles. The summed E-state index contributed by atoms with van der Waals surface area (Å²) in [6, 6.07) is 10.8. The molecule has 0 bridgehead atoms. The Labute approximate surface area is 189 Å². The average molecular weight is 465 g/mol. The van der Waals surface area contributed by atoms with Crippen LogP contribution < -0.4 is 0 Å². The van der Waals surface area contributed by atoms with E-state index in [2.05, 4.69) is 0 Å². The highest BCUT2D eigenvalue weighted by molar-refractivity contribution is 8.00. The van der Waals surface area contributed by atoms with Crippen LogP contribution in [0.5, 0.6) is 0 Å². The molecule has 31 heavy (non-hydrogen) atoms. The average Bonchev–Trinajstić information content (AvgIpc) is 2.78. The van der Waals surface area contributed by atoms with Crippen LogP contribution in [0.15, 0.2) is 47.4 Å². The van der Waals surface area contributed by atoms with Gasteiger partial charge >= 0.3 is 5.97 Å². The summed E-state index contributed by atoms with van der Waals surface area (Å²) in [6.45, 7) is 3.12. The fourth-order valence-electron chi connectivity index (χ4n) is 3.27. The van der Waals surface area contributed by atoms with Gasteiger partial charge in [-0.2, -0.15) is 0 Å². The number of rotatable bonds is 5. The van der Waals surface area contributed by atoms with E-state index in [4.69, 9.17) is 16.3 Å². The summed E-state index contributed by atoms with van der Waals surface area (Å²) in [4.78, 5) is 41.6. The van der Waals surface area contributed by atoms with Crippen molar-refractivity contribution >= 4 is 41.1 Å². The van der Waals surface area contributed by atoms with Gasteiger partial charge in [0.2, 0.25) is 0 Å². The van der Waals surface area contributed by atoms with Crippen LogP contribution in [0.4, 0.5) is 4.39 Å². The molecule has 0 saturated carbocycles. The molecular formula is C22H22ClFN2O4S. The van der Waals surface area contributed by atoms with Crippen molar-refractivity contribution in [3.63, 3.8) is 0 Å². The largest absolute Gasteiger partial charge is 0.468 e. The van der Waals surface area contributed by atoms with Crippen LogP contribution in [-0.2, 0) is 9.53 Å². The number of hydrogen-bond donors (Lipinski definition) is 0. The standard InChI is InChI=1S/C22H22ClFN2O4S/c1-14(22(29)30-2)31-19-6-4-3-5-17(19)21(28)26-11-9-25(10-12-26)20(27)16-8-7-15(24)13-18(16)23/h3-8,13-14H,9-12H2,1-2H3. The van der Waals surface area contributed by atoms with Gasteiger partial charge in [0.15, 0.2) is 0 Å². The molecule has 1 atom stereocenters. The summed E-state index contributed by atoms with van der Waals surface area (Å²) < 4.78 is 18.0. The lowest BCUT2D eigenvalue weighted by molar-refractivity contribution is -0.139. The maximum absolute atomic E-state index is 13.2. The zero-order valence-corrected chi connectivity index (χ0v) is 18.7. The SMILES string of the molecule is COC(=O)C(C)Sc1ccccc1C(=O)N1CCN(C(=O)c2ccc(F)cc2Cl)CC1. The Kier molecular flexibility index (Phi) is 7.56. The Morgan fingerprint density at radius 3 is 2.16 bits per heavy atom. The molecule has 6 nitrogen and oxygen atoms in total. The number of ether oxygens (including phenoxy) is 1. The Hall–Kier alpha value is -2.58. The highest BCUT2D eigenvalue weighted by Crippen LogP contribution is 2.29. The Balaban J connectivity index is 1.67. The summed E-state index contributed by atoms with van der Waals surface area (Å²) in [7, 11) is 1.33. The summed E-state index contributed by atoms with van der Waals surface area (Å²) in [5.41, 5.74) is 0.742. The third-order valence-electron chi connectivity index (χ3n) is 4.97. The second kappa shape index (κ2) is 10.2. The van der Waals surface area contributed by atoms with Crippen molar-refractivity contribution in [1.82, 2.24) is 9.80 Å². The Bertz CT molecular complexity index is 995. The van der Waals surface area contributed by atoms with Gasteiger partial charge in [-0.25, -0.2) is 4.39 Å². The van der Waals surface area contributed by atoms with E-state index in [1.165, 1.54) is 31.0 Å². The number of carbonyl (C=O) groups excluding carboxylic acids is 3. The number of amides is 2. The van der Waals surface area contributed by atoms with E-state index in [-0.39, 0.29) is 28.4 Å². The number of hydrogen-bond acceptors (Lipinski definition) is 5. The van der Waals surface area contributed by atoms with Gasteiger partial charge in [-0.15, -0.1) is 11.8 Å². The number of benzene rings is 2. The molecule has 1 unspecified atom stereocenters. The normalized spacial score (nSPS) is 14.8. The molecule has 1 aliphatic heterocycles. The number of halogens is 2. The predicted molar refractivity (Wildman–Crippen MR) is 117 cm³/mol. The lowest BCUT2D eigenvalue weighted by Crippen LogP contribution is -2.50. The second-order valence-electron chi connectivity index (χ2n) is 6.99. The van der Waals surface area contributed by atoms with Crippen molar-refractivity contribution in [2.24, 2.45) is 0 Å². The van der Waals surface area contributed by atoms with Crippen LogP contribution in [-0.4, -0.2) is 66.1 Å². The van der Waals surface area contributed by atoms with Gasteiger partial charge in [0, 0.05) is 31.1 Å². The molecular weight excluding hydrogens is 443 g/mol. The number of nitrogens with zero attached hydrogens (tertiary/aromatic N) is 2. The fraction of sp³-hybridized carbons (Fsp3) is 0.318. The van der Waals surface area contributed by atoms with Crippen LogP contribution in [0.2, 0.25) is 5.02 Å². The predicted octanol–water partition coefficient (Wildman–Crippen LogP) is 3.73. The topological polar surface area (TPSA) is 66.9 Å². The summed E-state index contributed by atoms with van der Waals surface area (Å²) >= 11 is 7.28. The molecule has 2 aromatic rings. The lowest BCUT2D eigenvalue weighted by atomic mass is 10.1. The van der Waals surface area contributed by atoms with Gasteiger partial charge in [0.1, 0.15) is 11.1 Å². The smallest absolute Gasteiger partial charge is 0.318 e. The van der Waals surface area contributed by atoms with Crippen molar-refractivity contribution < 1.29 is 23.5 Å². The first kappa shape index (κ1) is 23.1. The molecule has 1 heterocycles. The zero-order valence-electron chi connectivity index (χ0n) is 17.1. The van der Waals surface area contributed by atoms with E-state index in [1.54, 1.807) is 34.9 Å². The van der Waals surface area contributed by atoms with Gasteiger partial charge in [0.05, 0.1) is 23.3 Å². The van der Waals surface area contributed by atoms with Gasteiger partial charge < -0.3 is 14.5 Å². The third kappa shape index (κ3) is 5.37. The molecule has 0 spiro atoms. The Morgan fingerprint density at radius 2 is 1.58 bits per heavy atom. The molecule has 2 aromatic carbocycles. The van der Waals surface area contributed by atoms with Crippen molar-refractivity contribution in [1.29, 1.82) is 0 Å². The zero-order chi connectivity index (χ0) is 22.5. The Morgan fingerprint density at radius 1 is 1.00 bits per heavy atom. The minimum absolute atomic E-state index is 0.0641. The summed E-state index contributed by atoms with van der Waals surface area (Å²) in [5, 5.41) is -0.386. The first-order chi connectivity index (χ1) is 14.8. The van der Waals surface area contributed by atoms with E-state index in [0.29, 0.717) is 36.6 Å². The lowest BCUT2D eigenvalue weighted by Gasteiger charge is -2.35. The molecule has 0 aromatic heterocycles. The van der Waals surface area contributed by atoms with Crippen LogP contribution in [0, 0.1) is 5.82 Å². The molecule has 3 rings (SSSR count). The molecule has 1 aliphatic rings. The highest BCUT2D eigenvalue weighted by atomic mass is 35.5. The van der Waals surface area contributed by atoms with E-state index >= 15 is 0 Å². The van der Waals surface area contributed by atoms with Crippen LogP contribution in [0.3, 0.4) is 0 Å². The summed E-state index contributed by atoms with van der Waals surface area (Å²) in [6.07, 6.45) is 0. The van der Waals surface area contributed by atoms with Crippen molar-refractivity contribution in [3.8, 4) is 0 Å². The summed E-state index contributed by atoms with van der Waals surface area (Å²) in [5.74, 6) is -1.32. The van der Waals surface area contributed by atoms with Crippen LogP contribution in [0.25, 0.3) is 0 Å². The number of methoxy groups -OCH3 is 1. The molecule has 1 saturated heterocycles. The van der Waals surface area contributed by atoms with Gasteiger partial charge in [-0.1, -0.05) is 23.7 Å². The molecule has 9 heteroatoms. The van der Waals surface area contributed by atoms with Gasteiger partial charge in [-0.3, -0.25) is 14.4 Å². The van der Waals surface area contributed by atoms with Crippen molar-refractivity contribution in [2.45, 2.75) is 17.1 Å². The monoisotopic (exact) mass is 464 g/mol. The van der Waals surface area contributed by atoms with E-state index in [1.807, 2.05) is 6.07 Å². The fourth-order valence-corrected chi connectivity index (χ4v) is 4.53. The van der Waals surface area contributed by atoms with E-state index in [0.717, 1.165) is 6.07 Å². The first-order valence-electron chi connectivity index (χ1n) is 9.69. The minimum atomic E-state index is -0.505. The number of piperazine rings is 1. The number of esters is 1. The van der Waals surface area contributed by atoms with Crippen LogP contribution in [0.1, 0.15) is 27.6 Å². The second-order valence-corrected chi connectivity index (χ2v) is 8.78. The number of carbonyl (C=O) groups is 3. The third-order valence-corrected chi connectivity index (χ3v) is 6.44. The van der Waals surface area contributed by atoms with E-state index in [9.17, 15) is 18.8 Å². The van der Waals surface area contributed by atoms with Crippen LogP contribution >= 0.6 is 23.4 Å². The maximum Gasteiger partial charge on any atom is 0.318 e. The van der Waals surface area contributed by atoms with Crippen molar-refractivity contribution in [3.05, 3.63) is 64.4 Å².